The fraction of sp³-hybridized carbons (Fsp3) is 0.231. The second kappa shape index (κ2) is 9.80. The van der Waals surface area contributed by atoms with Crippen molar-refractivity contribution in [2.45, 2.75) is 26.0 Å². The summed E-state index contributed by atoms with van der Waals surface area (Å²) in [4.78, 5) is 12.2. The molecule has 0 aliphatic heterocycles. The lowest BCUT2D eigenvalue weighted by Crippen LogP contribution is -2.13. The molecule has 35 heavy (non-hydrogen) atoms. The zero-order valence-electron chi connectivity index (χ0n) is 19.2. The fourth-order valence-electron chi connectivity index (χ4n) is 3.72. The van der Waals surface area contributed by atoms with E-state index < -0.39 is 0 Å². The summed E-state index contributed by atoms with van der Waals surface area (Å²) in [5.41, 5.74) is 8.26. The van der Waals surface area contributed by atoms with Crippen molar-refractivity contribution in [3.05, 3.63) is 75.4 Å². The van der Waals surface area contributed by atoms with E-state index in [4.69, 9.17) is 16.9 Å². The second-order valence-electron chi connectivity index (χ2n) is 8.29. The second-order valence-corrected chi connectivity index (χ2v) is 8.29. The van der Waals surface area contributed by atoms with Gasteiger partial charge in [-0.15, -0.1) is 6.42 Å². The summed E-state index contributed by atoms with van der Waals surface area (Å²) in [6.07, 6.45) is 11.1. The summed E-state index contributed by atoms with van der Waals surface area (Å²) in [6.45, 7) is 2.18. The highest BCUT2D eigenvalue weighted by Crippen LogP contribution is 2.37. The van der Waals surface area contributed by atoms with Gasteiger partial charge < -0.3 is 10.5 Å². The van der Waals surface area contributed by atoms with Crippen LogP contribution in [0.1, 0.15) is 24.7 Å². The Morgan fingerprint density at radius 3 is 2.86 bits per heavy atom. The third-order valence-electron chi connectivity index (χ3n) is 5.91. The lowest BCUT2D eigenvalue weighted by molar-refractivity contribution is 0.195. The number of H-pyrrole nitrogens is 1. The number of nitriles is 1. The lowest BCUT2D eigenvalue weighted by Gasteiger charge is -2.11. The van der Waals surface area contributed by atoms with Crippen LogP contribution in [0.4, 0.5) is 4.39 Å². The molecule has 1 fully saturated rings. The number of benzene rings is 1. The molecule has 2 aromatic heterocycles. The summed E-state index contributed by atoms with van der Waals surface area (Å²) >= 11 is 0. The molecule has 0 amide bonds. The van der Waals surface area contributed by atoms with Crippen LogP contribution in [0.3, 0.4) is 0 Å². The van der Waals surface area contributed by atoms with Gasteiger partial charge in [0.15, 0.2) is 0 Å². The molecule has 0 radical (unpaired) electrons. The Morgan fingerprint density at radius 1 is 1.46 bits per heavy atom. The molecule has 1 aliphatic rings. The maximum Gasteiger partial charge on any atom is 0.272 e. The van der Waals surface area contributed by atoms with E-state index in [1.807, 2.05) is 13.0 Å². The number of hydrogen-bond donors (Lipinski definition) is 2. The van der Waals surface area contributed by atoms with E-state index in [-0.39, 0.29) is 35.1 Å². The molecule has 1 saturated carbocycles. The standard InChI is InChI=1S/C26H23FN6O2/c1-4-16(11-27)8-25(35-24-7-15(24)2)18(12-28)10-23-21(14-30-33(23)3)17-5-6-19-20(9-17)22(13-29)31-32-26(19)34/h1,5-6,8-11,14-15,24H,7,13,29H2,2-3H3,(H,32,34)/b16-11+,18-10+,25-8+/t15-,24+/m0/s1. The smallest absolute Gasteiger partial charge is 0.272 e. The van der Waals surface area contributed by atoms with Gasteiger partial charge in [-0.3, -0.25) is 9.48 Å². The van der Waals surface area contributed by atoms with E-state index in [0.29, 0.717) is 40.0 Å². The van der Waals surface area contributed by atoms with E-state index in [1.54, 1.807) is 36.1 Å². The Morgan fingerprint density at radius 2 is 2.23 bits per heavy atom. The number of aryl methyl sites for hydroxylation is 1. The normalized spacial score (nSPS) is 18.3. The fourth-order valence-corrected chi connectivity index (χ4v) is 3.72. The van der Waals surface area contributed by atoms with E-state index in [1.165, 1.54) is 6.08 Å². The Kier molecular flexibility index (Phi) is 6.63. The Labute approximate surface area is 201 Å². The number of ether oxygens (including phenoxy) is 1. The third kappa shape index (κ3) is 4.77. The molecule has 0 saturated heterocycles. The quantitative estimate of drug-likeness (QED) is 0.236. The van der Waals surface area contributed by atoms with Crippen LogP contribution in [0.15, 0.2) is 58.5 Å². The van der Waals surface area contributed by atoms with Gasteiger partial charge in [0.05, 0.1) is 34.1 Å². The van der Waals surface area contributed by atoms with Gasteiger partial charge in [-0.2, -0.15) is 15.5 Å². The molecule has 3 N–H and O–H groups in total. The van der Waals surface area contributed by atoms with E-state index in [9.17, 15) is 14.4 Å². The van der Waals surface area contributed by atoms with Crippen LogP contribution >= 0.6 is 0 Å². The SMILES string of the molecule is C#CC(=C\F)/C=C(O[C@@H]1C[C@@H]1C)\C(C#N)=C\c1c(-c2ccc3c(=O)[nH]nc(CN)c3c2)cnn1C. The highest BCUT2D eigenvalue weighted by atomic mass is 19.1. The molecular weight excluding hydrogens is 447 g/mol. The highest BCUT2D eigenvalue weighted by Gasteiger charge is 2.36. The number of fused-ring (bicyclic) bond motifs is 1. The number of terminal acetylenes is 1. The summed E-state index contributed by atoms with van der Waals surface area (Å²) < 4.78 is 20.8. The first kappa shape index (κ1) is 23.7. The molecule has 2 atom stereocenters. The summed E-state index contributed by atoms with van der Waals surface area (Å²) in [5.74, 6) is 2.76. The van der Waals surface area contributed by atoms with Crippen molar-refractivity contribution in [3.8, 4) is 29.5 Å². The van der Waals surface area contributed by atoms with Crippen LogP contribution in [0.5, 0.6) is 0 Å². The van der Waals surface area contributed by atoms with Gasteiger partial charge in [0, 0.05) is 24.5 Å². The zero-order valence-corrected chi connectivity index (χ0v) is 19.2. The minimum Gasteiger partial charge on any atom is -0.489 e. The van der Waals surface area contributed by atoms with Crippen molar-refractivity contribution in [1.29, 1.82) is 5.26 Å². The highest BCUT2D eigenvalue weighted by molar-refractivity contribution is 5.89. The van der Waals surface area contributed by atoms with Crippen LogP contribution in [0.25, 0.3) is 28.0 Å². The zero-order chi connectivity index (χ0) is 25.1. The number of rotatable bonds is 7. The number of halogens is 1. The molecule has 3 aromatic rings. The van der Waals surface area contributed by atoms with Crippen molar-refractivity contribution >= 4 is 16.8 Å². The summed E-state index contributed by atoms with van der Waals surface area (Å²) in [5, 5.41) is 21.9. The number of nitrogens with two attached hydrogens (primary N) is 1. The monoisotopic (exact) mass is 470 g/mol. The van der Waals surface area contributed by atoms with Gasteiger partial charge in [-0.1, -0.05) is 18.9 Å². The Hall–Kier alpha value is -4.47. The molecule has 8 nitrogen and oxygen atoms in total. The van der Waals surface area contributed by atoms with Gasteiger partial charge >= 0.3 is 0 Å². The Bertz CT molecular complexity index is 1530. The van der Waals surface area contributed by atoms with Crippen LogP contribution in [-0.2, 0) is 18.3 Å². The first-order valence-electron chi connectivity index (χ1n) is 10.9. The van der Waals surface area contributed by atoms with Crippen LogP contribution in [0, 0.1) is 29.6 Å². The molecule has 176 valence electrons. The minimum atomic E-state index is -0.312. The van der Waals surface area contributed by atoms with Crippen LogP contribution < -0.4 is 11.3 Å². The van der Waals surface area contributed by atoms with Crippen molar-refractivity contribution in [3.63, 3.8) is 0 Å². The average Bonchev–Trinajstić information content (AvgIpc) is 3.44. The van der Waals surface area contributed by atoms with E-state index in [2.05, 4.69) is 27.3 Å². The van der Waals surface area contributed by atoms with Gasteiger partial charge in [0.2, 0.25) is 0 Å². The first-order valence-corrected chi connectivity index (χ1v) is 10.9. The van der Waals surface area contributed by atoms with Crippen molar-refractivity contribution in [2.75, 3.05) is 0 Å². The molecule has 0 bridgehead atoms. The van der Waals surface area contributed by atoms with Crippen molar-refractivity contribution < 1.29 is 9.13 Å². The van der Waals surface area contributed by atoms with Crippen LogP contribution in [-0.4, -0.2) is 26.1 Å². The number of aromatic amines is 1. The third-order valence-corrected chi connectivity index (χ3v) is 5.91. The number of hydrogen-bond acceptors (Lipinski definition) is 6. The molecule has 2 heterocycles. The van der Waals surface area contributed by atoms with Gasteiger partial charge in [-0.25, -0.2) is 9.49 Å². The molecule has 0 spiro atoms. The summed E-state index contributed by atoms with van der Waals surface area (Å²) in [7, 11) is 1.74. The largest absolute Gasteiger partial charge is 0.489 e. The topological polar surface area (TPSA) is 123 Å². The van der Waals surface area contributed by atoms with Gasteiger partial charge in [0.25, 0.3) is 5.56 Å². The molecule has 1 aromatic carbocycles. The lowest BCUT2D eigenvalue weighted by atomic mass is 10.0. The van der Waals surface area contributed by atoms with Crippen LogP contribution in [0.2, 0.25) is 0 Å². The molecule has 0 unspecified atom stereocenters. The predicted molar refractivity (Wildman–Crippen MR) is 131 cm³/mol. The molecular formula is C26H23FN6O2. The molecule has 1 aliphatic carbocycles. The predicted octanol–water partition coefficient (Wildman–Crippen LogP) is 3.48. The average molecular weight is 471 g/mol. The number of nitrogens with one attached hydrogen (secondary N) is 1. The number of allylic oxidation sites excluding steroid dienone is 3. The van der Waals surface area contributed by atoms with E-state index in [0.717, 1.165) is 12.0 Å². The van der Waals surface area contributed by atoms with Crippen molar-refractivity contribution in [2.24, 2.45) is 18.7 Å². The maximum absolute atomic E-state index is 13.2. The molecule has 9 heteroatoms. The van der Waals surface area contributed by atoms with Crippen molar-refractivity contribution in [1.82, 2.24) is 20.0 Å². The molecule has 4 rings (SSSR count). The first-order chi connectivity index (χ1) is 16.9. The minimum absolute atomic E-state index is 0.0405. The number of nitrogens with zero attached hydrogens (tertiary/aromatic N) is 4. The van der Waals surface area contributed by atoms with Gasteiger partial charge in [0.1, 0.15) is 24.3 Å². The van der Waals surface area contributed by atoms with E-state index >= 15 is 0 Å². The number of aromatic nitrogens is 4. The maximum atomic E-state index is 13.2. The summed E-state index contributed by atoms with van der Waals surface area (Å²) in [6, 6.07) is 7.45. The van der Waals surface area contributed by atoms with Gasteiger partial charge in [-0.05, 0) is 42.2 Å². The Balaban J connectivity index is 1.84.